The SMILES string of the molecule is COC(=O)C(C)Nc1nn(C)c2cc(Br)ccc12. The summed E-state index contributed by atoms with van der Waals surface area (Å²) >= 11 is 3.43. The second-order valence-corrected chi connectivity index (χ2v) is 4.94. The van der Waals surface area contributed by atoms with Crippen molar-refractivity contribution in [1.29, 1.82) is 0 Å². The van der Waals surface area contributed by atoms with Gasteiger partial charge in [0.1, 0.15) is 6.04 Å². The molecule has 0 fully saturated rings. The fourth-order valence-corrected chi connectivity index (χ4v) is 2.13. The third-order valence-electron chi connectivity index (χ3n) is 2.72. The fourth-order valence-electron chi connectivity index (χ4n) is 1.78. The van der Waals surface area contributed by atoms with Crippen molar-refractivity contribution in [3.05, 3.63) is 22.7 Å². The van der Waals surface area contributed by atoms with Crippen LogP contribution in [0.25, 0.3) is 10.9 Å². The molecule has 0 amide bonds. The average molecular weight is 312 g/mol. The van der Waals surface area contributed by atoms with E-state index >= 15 is 0 Å². The number of anilines is 1. The number of ether oxygens (including phenoxy) is 1. The number of esters is 1. The van der Waals surface area contributed by atoms with Gasteiger partial charge < -0.3 is 10.1 Å². The lowest BCUT2D eigenvalue weighted by molar-refractivity contribution is -0.141. The van der Waals surface area contributed by atoms with Crippen molar-refractivity contribution >= 4 is 38.6 Å². The van der Waals surface area contributed by atoms with Crippen LogP contribution in [-0.4, -0.2) is 28.9 Å². The van der Waals surface area contributed by atoms with E-state index in [0.717, 1.165) is 15.4 Å². The van der Waals surface area contributed by atoms with Crippen LogP contribution < -0.4 is 5.32 Å². The van der Waals surface area contributed by atoms with Crippen molar-refractivity contribution < 1.29 is 9.53 Å². The molecule has 96 valence electrons. The van der Waals surface area contributed by atoms with E-state index in [1.807, 2.05) is 25.2 Å². The number of fused-ring (bicyclic) bond motifs is 1. The number of benzene rings is 1. The van der Waals surface area contributed by atoms with Gasteiger partial charge in [-0.25, -0.2) is 4.79 Å². The van der Waals surface area contributed by atoms with Gasteiger partial charge in [0.05, 0.1) is 12.6 Å². The molecular formula is C12H14BrN3O2. The zero-order valence-electron chi connectivity index (χ0n) is 10.4. The number of hydrogen-bond acceptors (Lipinski definition) is 4. The number of rotatable bonds is 3. The summed E-state index contributed by atoms with van der Waals surface area (Å²) in [5.74, 6) is 0.365. The molecule has 0 spiro atoms. The van der Waals surface area contributed by atoms with Crippen LogP contribution in [0.2, 0.25) is 0 Å². The van der Waals surface area contributed by atoms with Crippen molar-refractivity contribution in [3.8, 4) is 0 Å². The first-order valence-corrected chi connectivity index (χ1v) is 6.29. The summed E-state index contributed by atoms with van der Waals surface area (Å²) in [6.45, 7) is 1.74. The second kappa shape index (κ2) is 4.97. The molecule has 0 radical (unpaired) electrons. The Balaban J connectivity index is 2.37. The predicted molar refractivity (Wildman–Crippen MR) is 73.5 cm³/mol. The smallest absolute Gasteiger partial charge is 0.328 e. The number of aryl methyl sites for hydroxylation is 1. The lowest BCUT2D eigenvalue weighted by Gasteiger charge is -2.10. The highest BCUT2D eigenvalue weighted by molar-refractivity contribution is 9.10. The van der Waals surface area contributed by atoms with Crippen molar-refractivity contribution in [3.63, 3.8) is 0 Å². The Hall–Kier alpha value is -1.56. The van der Waals surface area contributed by atoms with Crippen LogP contribution in [-0.2, 0) is 16.6 Å². The van der Waals surface area contributed by atoms with Crippen molar-refractivity contribution in [2.45, 2.75) is 13.0 Å². The van der Waals surface area contributed by atoms with Gasteiger partial charge in [-0.3, -0.25) is 4.68 Å². The van der Waals surface area contributed by atoms with Gasteiger partial charge in [-0.1, -0.05) is 15.9 Å². The molecule has 6 heteroatoms. The van der Waals surface area contributed by atoms with Gasteiger partial charge in [-0.2, -0.15) is 5.10 Å². The minimum absolute atomic E-state index is 0.314. The maximum atomic E-state index is 11.4. The molecule has 1 unspecified atom stereocenters. The molecule has 0 aliphatic heterocycles. The number of halogens is 1. The van der Waals surface area contributed by atoms with E-state index in [1.165, 1.54) is 7.11 Å². The van der Waals surface area contributed by atoms with E-state index < -0.39 is 6.04 Å². The van der Waals surface area contributed by atoms with Crippen LogP contribution in [0.4, 0.5) is 5.82 Å². The number of nitrogens with zero attached hydrogens (tertiary/aromatic N) is 2. The van der Waals surface area contributed by atoms with Gasteiger partial charge in [0, 0.05) is 16.9 Å². The number of nitrogens with one attached hydrogen (secondary N) is 1. The predicted octanol–water partition coefficient (Wildman–Crippen LogP) is 2.31. The summed E-state index contributed by atoms with van der Waals surface area (Å²) in [5, 5.41) is 8.39. The summed E-state index contributed by atoms with van der Waals surface area (Å²) in [6.07, 6.45) is 0. The Kier molecular flexibility index (Phi) is 3.56. The maximum absolute atomic E-state index is 11.4. The highest BCUT2D eigenvalue weighted by Gasteiger charge is 2.16. The Morgan fingerprint density at radius 2 is 2.28 bits per heavy atom. The molecule has 0 bridgehead atoms. The highest BCUT2D eigenvalue weighted by Crippen LogP contribution is 2.25. The molecule has 18 heavy (non-hydrogen) atoms. The first-order chi connectivity index (χ1) is 8.52. The second-order valence-electron chi connectivity index (χ2n) is 4.02. The van der Waals surface area contributed by atoms with E-state index in [2.05, 4.69) is 31.1 Å². The van der Waals surface area contributed by atoms with Crippen LogP contribution in [0.5, 0.6) is 0 Å². The molecule has 5 nitrogen and oxygen atoms in total. The van der Waals surface area contributed by atoms with Gasteiger partial charge in [-0.05, 0) is 25.1 Å². The third kappa shape index (κ3) is 2.33. The highest BCUT2D eigenvalue weighted by atomic mass is 79.9. The lowest BCUT2D eigenvalue weighted by atomic mass is 10.2. The standard InChI is InChI=1S/C12H14BrN3O2/c1-7(12(17)18-3)14-11-9-5-4-8(13)6-10(9)16(2)15-11/h4-7H,1-3H3,(H,14,15). The van der Waals surface area contributed by atoms with Gasteiger partial charge in [0.2, 0.25) is 0 Å². The van der Waals surface area contributed by atoms with Gasteiger partial charge >= 0.3 is 5.97 Å². The van der Waals surface area contributed by atoms with Crippen LogP contribution in [0.15, 0.2) is 22.7 Å². The van der Waals surface area contributed by atoms with E-state index in [9.17, 15) is 4.79 Å². The maximum Gasteiger partial charge on any atom is 0.328 e. The van der Waals surface area contributed by atoms with Crippen LogP contribution in [0, 0.1) is 0 Å². The largest absolute Gasteiger partial charge is 0.467 e. The minimum atomic E-state index is -0.434. The van der Waals surface area contributed by atoms with Gasteiger partial charge in [0.15, 0.2) is 5.82 Å². The molecule has 0 aliphatic rings. The normalized spacial score (nSPS) is 12.4. The molecule has 1 atom stereocenters. The fraction of sp³-hybridized carbons (Fsp3) is 0.333. The quantitative estimate of drug-likeness (QED) is 0.884. The van der Waals surface area contributed by atoms with Gasteiger partial charge in [0.25, 0.3) is 0 Å². The first-order valence-electron chi connectivity index (χ1n) is 5.49. The molecule has 0 saturated heterocycles. The monoisotopic (exact) mass is 311 g/mol. The number of hydrogen-bond donors (Lipinski definition) is 1. The number of aromatic nitrogens is 2. The average Bonchev–Trinajstić information content (AvgIpc) is 2.65. The zero-order valence-corrected chi connectivity index (χ0v) is 12.0. The summed E-state index contributed by atoms with van der Waals surface area (Å²) < 4.78 is 7.44. The van der Waals surface area contributed by atoms with E-state index in [4.69, 9.17) is 0 Å². The molecule has 1 N–H and O–H groups in total. The first kappa shape index (κ1) is 12.9. The Morgan fingerprint density at radius 1 is 1.56 bits per heavy atom. The topological polar surface area (TPSA) is 56.1 Å². The van der Waals surface area contributed by atoms with E-state index in [0.29, 0.717) is 5.82 Å². The molecule has 0 aliphatic carbocycles. The Bertz CT molecular complexity index is 594. The molecule has 0 saturated carbocycles. The summed E-state index contributed by atoms with van der Waals surface area (Å²) in [5.41, 5.74) is 0.990. The summed E-state index contributed by atoms with van der Waals surface area (Å²) in [6, 6.07) is 5.45. The third-order valence-corrected chi connectivity index (χ3v) is 3.21. The minimum Gasteiger partial charge on any atom is -0.467 e. The van der Waals surface area contributed by atoms with E-state index in [1.54, 1.807) is 11.6 Å². The summed E-state index contributed by atoms with van der Waals surface area (Å²) in [4.78, 5) is 11.4. The molecule has 1 aromatic carbocycles. The summed E-state index contributed by atoms with van der Waals surface area (Å²) in [7, 11) is 3.23. The van der Waals surface area contributed by atoms with E-state index in [-0.39, 0.29) is 5.97 Å². The van der Waals surface area contributed by atoms with Crippen LogP contribution in [0.3, 0.4) is 0 Å². The van der Waals surface area contributed by atoms with Crippen LogP contribution in [0.1, 0.15) is 6.92 Å². The zero-order chi connectivity index (χ0) is 13.3. The van der Waals surface area contributed by atoms with Crippen molar-refractivity contribution in [2.24, 2.45) is 7.05 Å². The number of carbonyl (C=O) groups is 1. The molecule has 1 heterocycles. The lowest BCUT2D eigenvalue weighted by Crippen LogP contribution is -2.27. The van der Waals surface area contributed by atoms with Gasteiger partial charge in [-0.15, -0.1) is 0 Å². The molecular weight excluding hydrogens is 298 g/mol. The number of carbonyl (C=O) groups excluding carboxylic acids is 1. The van der Waals surface area contributed by atoms with Crippen molar-refractivity contribution in [2.75, 3.05) is 12.4 Å². The molecule has 2 aromatic rings. The number of methoxy groups -OCH3 is 1. The Morgan fingerprint density at radius 3 is 2.94 bits per heavy atom. The molecule has 1 aromatic heterocycles. The van der Waals surface area contributed by atoms with Crippen LogP contribution >= 0.6 is 15.9 Å². The van der Waals surface area contributed by atoms with Crippen molar-refractivity contribution in [1.82, 2.24) is 9.78 Å². The Labute approximate surface area is 113 Å². The molecule has 2 rings (SSSR count).